The molecule has 0 fully saturated rings. The number of esters is 1. The van der Waals surface area contributed by atoms with Crippen LogP contribution >= 0.6 is 11.3 Å². The number of nitrogens with two attached hydrogens (primary N) is 1. The Bertz CT molecular complexity index is 1080. The highest BCUT2D eigenvalue weighted by Gasteiger charge is 2.28. The van der Waals surface area contributed by atoms with Crippen LogP contribution < -0.4 is 11.1 Å². The zero-order valence-electron chi connectivity index (χ0n) is 25.4. The maximum atomic E-state index is 13.3. The summed E-state index contributed by atoms with van der Waals surface area (Å²) in [7, 11) is 2.96. The number of aliphatic hydroxyl groups excluding tert-OH is 1. The summed E-state index contributed by atoms with van der Waals surface area (Å²) < 4.78 is 18.1. The number of thiazole rings is 1. The highest BCUT2D eigenvalue weighted by atomic mass is 32.1. The van der Waals surface area contributed by atoms with Crippen molar-refractivity contribution in [3.63, 3.8) is 0 Å². The molecule has 230 valence electrons. The second-order valence-electron chi connectivity index (χ2n) is 10.5. The molecule has 2 rings (SSSR count). The lowest BCUT2D eigenvalue weighted by Gasteiger charge is -2.32. The van der Waals surface area contributed by atoms with Gasteiger partial charge < -0.3 is 25.8 Å². The molecule has 2 amide bonds. The number of nitrogens with zero attached hydrogens (tertiary/aromatic N) is 2. The average Bonchev–Trinajstić information content (AvgIpc) is 3.46. The Morgan fingerprint density at radius 3 is 2.24 bits per heavy atom. The van der Waals surface area contributed by atoms with Crippen LogP contribution in [0, 0.1) is 17.7 Å². The van der Waals surface area contributed by atoms with Gasteiger partial charge in [0.05, 0.1) is 19.6 Å². The van der Waals surface area contributed by atoms with Crippen molar-refractivity contribution in [1.82, 2.24) is 15.2 Å². The quantitative estimate of drug-likeness (QED) is 0.274. The summed E-state index contributed by atoms with van der Waals surface area (Å²) in [6.07, 6.45) is 2.61. The zero-order valence-corrected chi connectivity index (χ0v) is 26.2. The number of ether oxygens (including phenoxy) is 1. The fourth-order valence-electron chi connectivity index (χ4n) is 4.16. The second kappa shape index (κ2) is 18.5. The highest BCUT2D eigenvalue weighted by molar-refractivity contribution is 7.09. The number of rotatable bonds is 14. The molecule has 4 N–H and O–H groups in total. The molecule has 0 aliphatic rings. The Morgan fingerprint density at radius 2 is 1.73 bits per heavy atom. The van der Waals surface area contributed by atoms with Crippen molar-refractivity contribution in [1.29, 1.82) is 0 Å². The molecule has 3 unspecified atom stereocenters. The number of benzene rings is 1. The molecule has 41 heavy (non-hydrogen) atoms. The van der Waals surface area contributed by atoms with Gasteiger partial charge in [-0.15, -0.1) is 11.3 Å². The third-order valence-electron chi connectivity index (χ3n) is 6.81. The summed E-state index contributed by atoms with van der Waals surface area (Å²) in [5, 5.41) is 15.6. The van der Waals surface area contributed by atoms with Crippen molar-refractivity contribution in [2.24, 2.45) is 17.6 Å². The van der Waals surface area contributed by atoms with Gasteiger partial charge in [-0.05, 0) is 36.5 Å². The number of carbonyl (C=O) groups excluding carboxylic acids is 3. The lowest BCUT2D eigenvalue weighted by atomic mass is 9.96. The van der Waals surface area contributed by atoms with Crippen LogP contribution in [0.2, 0.25) is 0 Å². The molecule has 0 radical (unpaired) electrons. The highest BCUT2D eigenvalue weighted by Crippen LogP contribution is 2.27. The molecule has 0 saturated carbocycles. The minimum atomic E-state index is -0.971. The van der Waals surface area contributed by atoms with E-state index in [0.29, 0.717) is 17.8 Å². The third kappa shape index (κ3) is 12.2. The van der Waals surface area contributed by atoms with Crippen LogP contribution in [0.3, 0.4) is 0 Å². The molecule has 0 spiro atoms. The van der Waals surface area contributed by atoms with Crippen LogP contribution in [0.4, 0.5) is 4.39 Å². The molecule has 0 bridgehead atoms. The number of halogens is 1. The number of carbonyl (C=O) groups is 3. The molecule has 1 aromatic carbocycles. The topological polar surface area (TPSA) is 135 Å². The maximum absolute atomic E-state index is 13.3. The Morgan fingerprint density at radius 1 is 1.12 bits per heavy atom. The summed E-state index contributed by atoms with van der Waals surface area (Å²) in [4.78, 5) is 42.9. The summed E-state index contributed by atoms with van der Waals surface area (Å²) in [5.74, 6) is -1.82. The molecule has 11 heteroatoms. The summed E-state index contributed by atoms with van der Waals surface area (Å²) in [5.41, 5.74) is 6.43. The summed E-state index contributed by atoms with van der Waals surface area (Å²) >= 11 is 1.15. The number of aromatic nitrogens is 1. The van der Waals surface area contributed by atoms with Gasteiger partial charge in [0.1, 0.15) is 22.6 Å². The fourth-order valence-corrected chi connectivity index (χ4v) is 4.96. The average molecular weight is 595 g/mol. The minimum absolute atomic E-state index is 0.0712. The SMILES string of the molecule is CCCC.COC(=O)[C@@H](C)CC(Cc1ccc(F)cc1)NC(=O)c1csc(C(O)CC(C(C)C)N(C)C(=O)CN)n1. The van der Waals surface area contributed by atoms with Gasteiger partial charge in [-0.25, -0.2) is 9.37 Å². The van der Waals surface area contributed by atoms with Gasteiger partial charge >= 0.3 is 5.97 Å². The van der Waals surface area contributed by atoms with E-state index in [4.69, 9.17) is 10.5 Å². The lowest BCUT2D eigenvalue weighted by molar-refractivity contribution is -0.145. The summed E-state index contributed by atoms with van der Waals surface area (Å²) in [6.45, 7) is 9.86. The van der Waals surface area contributed by atoms with E-state index in [9.17, 15) is 23.9 Å². The Labute approximate surface area is 247 Å². The lowest BCUT2D eigenvalue weighted by Crippen LogP contribution is -2.44. The molecule has 9 nitrogen and oxygen atoms in total. The van der Waals surface area contributed by atoms with Crippen molar-refractivity contribution < 1.29 is 28.6 Å². The first-order valence-electron chi connectivity index (χ1n) is 14.1. The standard InChI is InChI=1S/C26H37FN4O5S.C4H10/c1-15(2)21(31(4)23(33)13-28)12-22(32)25-30-20(14-37-25)24(34)29-19(10-16(3)26(35)36-5)11-17-6-8-18(27)9-7-17;1-3-4-2/h6-9,14-16,19,21-22,32H,10-13,28H2,1-5H3,(H,29,34);3-4H2,1-2H3/t16-,19?,21?,22?;/m0./s1. The van der Waals surface area contributed by atoms with Gasteiger partial charge in [-0.1, -0.05) is 59.6 Å². The van der Waals surface area contributed by atoms with Gasteiger partial charge in [-0.3, -0.25) is 14.4 Å². The van der Waals surface area contributed by atoms with Crippen molar-refractivity contribution in [3.05, 3.63) is 51.7 Å². The Balaban J connectivity index is 0.00000196. The first kappa shape index (κ1) is 36.1. The number of nitrogens with one attached hydrogen (secondary N) is 1. The van der Waals surface area contributed by atoms with Crippen molar-refractivity contribution >= 4 is 29.1 Å². The monoisotopic (exact) mass is 594 g/mol. The van der Waals surface area contributed by atoms with Gasteiger partial charge in [0, 0.05) is 30.9 Å². The van der Waals surface area contributed by atoms with Gasteiger partial charge in [0.15, 0.2) is 0 Å². The van der Waals surface area contributed by atoms with Crippen molar-refractivity contribution in [2.75, 3.05) is 20.7 Å². The van der Waals surface area contributed by atoms with Gasteiger partial charge in [0.2, 0.25) is 5.91 Å². The normalized spacial score (nSPS) is 13.8. The second-order valence-corrected chi connectivity index (χ2v) is 11.4. The Kier molecular flexibility index (Phi) is 16.3. The van der Waals surface area contributed by atoms with E-state index in [-0.39, 0.29) is 42.3 Å². The molecule has 1 aromatic heterocycles. The Hall–Kier alpha value is -2.89. The number of hydrogen-bond acceptors (Lipinski definition) is 8. The molecule has 4 atom stereocenters. The van der Waals surface area contributed by atoms with E-state index in [0.717, 1.165) is 16.9 Å². The van der Waals surface area contributed by atoms with Crippen LogP contribution in [0.25, 0.3) is 0 Å². The number of hydrogen-bond donors (Lipinski definition) is 3. The largest absolute Gasteiger partial charge is 0.469 e. The number of unbranched alkanes of at least 4 members (excludes halogenated alkanes) is 1. The molecular formula is C30H47FN4O5S. The van der Waals surface area contributed by atoms with E-state index in [2.05, 4.69) is 24.1 Å². The molecule has 1 heterocycles. The van der Waals surface area contributed by atoms with E-state index >= 15 is 0 Å². The molecule has 0 aliphatic heterocycles. The van der Waals surface area contributed by atoms with E-state index < -0.39 is 29.9 Å². The summed E-state index contributed by atoms with van der Waals surface area (Å²) in [6, 6.07) is 5.25. The van der Waals surface area contributed by atoms with E-state index in [1.807, 2.05) is 13.8 Å². The van der Waals surface area contributed by atoms with Gasteiger partial charge in [-0.2, -0.15) is 0 Å². The van der Waals surface area contributed by atoms with Crippen LogP contribution in [-0.2, 0) is 20.7 Å². The predicted molar refractivity (Wildman–Crippen MR) is 160 cm³/mol. The third-order valence-corrected chi connectivity index (χ3v) is 7.76. The smallest absolute Gasteiger partial charge is 0.308 e. The van der Waals surface area contributed by atoms with E-state index in [1.54, 1.807) is 31.5 Å². The van der Waals surface area contributed by atoms with Crippen LogP contribution in [0.5, 0.6) is 0 Å². The van der Waals surface area contributed by atoms with E-state index in [1.165, 1.54) is 37.0 Å². The van der Waals surface area contributed by atoms with Crippen LogP contribution in [0.15, 0.2) is 29.6 Å². The fraction of sp³-hybridized carbons (Fsp3) is 0.600. The van der Waals surface area contributed by atoms with Crippen LogP contribution in [0.1, 0.15) is 87.5 Å². The number of methoxy groups -OCH3 is 1. The first-order valence-corrected chi connectivity index (χ1v) is 15.0. The van der Waals surface area contributed by atoms with Crippen molar-refractivity contribution in [3.8, 4) is 0 Å². The van der Waals surface area contributed by atoms with Crippen molar-refractivity contribution in [2.45, 2.75) is 84.9 Å². The molecule has 0 aliphatic carbocycles. The number of amides is 2. The first-order chi connectivity index (χ1) is 19.4. The van der Waals surface area contributed by atoms with Gasteiger partial charge in [0.25, 0.3) is 5.91 Å². The molecule has 2 aromatic rings. The van der Waals surface area contributed by atoms with Crippen LogP contribution in [-0.4, -0.2) is 65.6 Å². The predicted octanol–water partition coefficient (Wildman–Crippen LogP) is 4.49. The number of likely N-dealkylation sites (N-methyl/N-ethyl adjacent to an activating group) is 1. The maximum Gasteiger partial charge on any atom is 0.308 e. The molecular weight excluding hydrogens is 547 g/mol. The molecule has 0 saturated heterocycles. The minimum Gasteiger partial charge on any atom is -0.469 e. The zero-order chi connectivity index (χ0) is 31.1. The number of aliphatic hydroxyl groups is 1.